The van der Waals surface area contributed by atoms with E-state index >= 15 is 0 Å². The van der Waals surface area contributed by atoms with E-state index in [1.54, 1.807) is 30.2 Å². The van der Waals surface area contributed by atoms with Crippen molar-refractivity contribution < 1.29 is 19.4 Å². The van der Waals surface area contributed by atoms with Gasteiger partial charge in [-0.05, 0) is 61.2 Å². The third-order valence-electron chi connectivity index (χ3n) is 8.06. The molecule has 0 saturated carbocycles. The van der Waals surface area contributed by atoms with Crippen molar-refractivity contribution in [2.24, 2.45) is 0 Å². The molecule has 0 aliphatic carbocycles. The van der Waals surface area contributed by atoms with Gasteiger partial charge in [-0.25, -0.2) is 4.79 Å². The highest BCUT2D eigenvalue weighted by atomic mass is 16.5. The van der Waals surface area contributed by atoms with E-state index in [0.717, 1.165) is 65.9 Å². The Hall–Kier alpha value is -3.78. The highest BCUT2D eigenvalue weighted by molar-refractivity contribution is 6.08. The van der Waals surface area contributed by atoms with Gasteiger partial charge in [0.1, 0.15) is 23.1 Å². The van der Waals surface area contributed by atoms with Crippen LogP contribution in [0.2, 0.25) is 0 Å². The number of aromatic nitrogens is 1. The Labute approximate surface area is 216 Å². The summed E-state index contributed by atoms with van der Waals surface area (Å²) in [6, 6.07) is 12.0. The quantitative estimate of drug-likeness (QED) is 0.391. The van der Waals surface area contributed by atoms with Crippen molar-refractivity contribution in [3.8, 4) is 11.5 Å². The fraction of sp³-hybridized carbons (Fsp3) is 0.379. The first-order valence-electron chi connectivity index (χ1n) is 12.9. The molecule has 8 nitrogen and oxygen atoms in total. The van der Waals surface area contributed by atoms with Crippen LogP contribution in [-0.2, 0) is 11.2 Å². The molecule has 0 unspecified atom stereocenters. The fourth-order valence-corrected chi connectivity index (χ4v) is 6.20. The maximum atomic E-state index is 13.9. The number of H-pyrrole nitrogens is 1. The van der Waals surface area contributed by atoms with Crippen LogP contribution in [0.15, 0.2) is 54.6 Å². The predicted molar refractivity (Wildman–Crippen MR) is 141 cm³/mol. The molecule has 4 heterocycles. The topological polar surface area (TPSA) is 89.1 Å². The van der Waals surface area contributed by atoms with Crippen molar-refractivity contribution in [1.82, 2.24) is 19.7 Å². The van der Waals surface area contributed by atoms with Gasteiger partial charge in [-0.15, -0.1) is 0 Å². The largest absolute Gasteiger partial charge is 0.508 e. The smallest absolute Gasteiger partial charge is 0.328 e. The zero-order valence-corrected chi connectivity index (χ0v) is 21.2. The lowest BCUT2D eigenvalue weighted by molar-refractivity contribution is -0.133. The van der Waals surface area contributed by atoms with Crippen molar-refractivity contribution >= 4 is 22.8 Å². The van der Waals surface area contributed by atoms with E-state index in [0.29, 0.717) is 13.0 Å². The number of carbonyl (C=O) groups excluding carboxylic acids is 2. The van der Waals surface area contributed by atoms with Gasteiger partial charge in [-0.2, -0.15) is 0 Å². The molecule has 2 N–H and O–H groups in total. The van der Waals surface area contributed by atoms with Gasteiger partial charge in [0, 0.05) is 49.2 Å². The highest BCUT2D eigenvalue weighted by Crippen LogP contribution is 2.49. The number of methoxy groups -OCH3 is 1. The number of benzene rings is 2. The summed E-state index contributed by atoms with van der Waals surface area (Å²) in [6.07, 6.45) is 6.54. The lowest BCUT2D eigenvalue weighted by Crippen LogP contribution is -2.53. The maximum Gasteiger partial charge on any atom is 0.328 e. The Bertz CT molecular complexity index is 1410. The number of phenolic OH excluding ortho intramolecular Hbond substituents is 1. The second kappa shape index (κ2) is 8.95. The van der Waals surface area contributed by atoms with Gasteiger partial charge in [-0.3, -0.25) is 19.5 Å². The second-order valence-corrected chi connectivity index (χ2v) is 10.4. The molecule has 3 aliphatic heterocycles. The summed E-state index contributed by atoms with van der Waals surface area (Å²) in [7, 11) is 1.64. The van der Waals surface area contributed by atoms with Crippen LogP contribution in [0.3, 0.4) is 0 Å². The average molecular weight is 501 g/mol. The molecule has 1 aromatic heterocycles. The monoisotopic (exact) mass is 500 g/mol. The summed E-state index contributed by atoms with van der Waals surface area (Å²) in [5.74, 6) is 0.692. The summed E-state index contributed by atoms with van der Waals surface area (Å²) in [5, 5.41) is 11.3. The highest BCUT2D eigenvalue weighted by Gasteiger charge is 2.60. The number of amides is 3. The third kappa shape index (κ3) is 3.78. The van der Waals surface area contributed by atoms with Gasteiger partial charge < -0.3 is 14.8 Å². The van der Waals surface area contributed by atoms with E-state index in [4.69, 9.17) is 4.74 Å². The number of hydrogen-bond acceptors (Lipinski definition) is 5. The molecular formula is C29H32N4O4. The zero-order valence-electron chi connectivity index (χ0n) is 21.2. The molecule has 3 amide bonds. The molecule has 3 aromatic rings. The van der Waals surface area contributed by atoms with E-state index in [9.17, 15) is 14.7 Å². The number of nitrogens with one attached hydrogen (secondary N) is 1. The number of carbonyl (C=O) groups is 2. The van der Waals surface area contributed by atoms with E-state index in [2.05, 4.69) is 22.0 Å². The van der Waals surface area contributed by atoms with Gasteiger partial charge in [0.05, 0.1) is 7.11 Å². The molecule has 2 aromatic carbocycles. The minimum Gasteiger partial charge on any atom is -0.508 e. The number of aromatic amines is 1. The normalized spacial score (nSPS) is 23.6. The van der Waals surface area contributed by atoms with Gasteiger partial charge in [0.2, 0.25) is 0 Å². The molecule has 2 atom stereocenters. The standard InChI is InChI=1S/C29H32N4O4/c1-29-18-23-22-17-21(37-2)10-11-24(22)30-25(23)26(19-8-6-9-20(34)16-19)33(29)28(36)32(27(29)35)15-7-14-31-12-4-3-5-13-31/h3-4,6,8-11,16-17,26,30,34H,5,7,12-15,18H2,1-2H3/t26-,29+/m1/s1. The first kappa shape index (κ1) is 23.6. The van der Waals surface area contributed by atoms with Crippen LogP contribution in [0.25, 0.3) is 10.9 Å². The molecule has 1 fully saturated rings. The van der Waals surface area contributed by atoms with Crippen LogP contribution in [-0.4, -0.2) is 75.6 Å². The predicted octanol–water partition coefficient (Wildman–Crippen LogP) is 4.20. The summed E-state index contributed by atoms with van der Waals surface area (Å²) >= 11 is 0. The Morgan fingerprint density at radius 2 is 2.00 bits per heavy atom. The Morgan fingerprint density at radius 1 is 1.14 bits per heavy atom. The van der Waals surface area contributed by atoms with E-state index in [-0.39, 0.29) is 17.7 Å². The van der Waals surface area contributed by atoms with Crippen LogP contribution in [0.1, 0.15) is 42.6 Å². The van der Waals surface area contributed by atoms with Crippen molar-refractivity contribution in [2.45, 2.75) is 37.8 Å². The summed E-state index contributed by atoms with van der Waals surface area (Å²) in [6.45, 7) is 5.03. The maximum absolute atomic E-state index is 13.9. The first-order valence-corrected chi connectivity index (χ1v) is 12.9. The SMILES string of the molecule is COc1ccc2[nH]c3c(c2c1)C[C@@]1(C)C(=O)N(CCCN2CC=CCC2)C(=O)N1[C@@H]3c1cccc(O)c1. The van der Waals surface area contributed by atoms with Crippen LogP contribution in [0.5, 0.6) is 11.5 Å². The number of hydrogen-bond donors (Lipinski definition) is 2. The fourth-order valence-electron chi connectivity index (χ4n) is 6.20. The molecule has 6 rings (SSSR count). The molecule has 192 valence electrons. The van der Waals surface area contributed by atoms with Crippen LogP contribution >= 0.6 is 0 Å². The minimum absolute atomic E-state index is 0.120. The van der Waals surface area contributed by atoms with Crippen molar-refractivity contribution in [3.05, 3.63) is 71.4 Å². The molecule has 3 aliphatic rings. The molecule has 8 heteroatoms. The number of fused-ring (bicyclic) bond motifs is 4. The Balaban J connectivity index is 1.40. The molecule has 0 radical (unpaired) electrons. The number of ether oxygens (including phenoxy) is 1. The van der Waals surface area contributed by atoms with Crippen molar-refractivity contribution in [3.63, 3.8) is 0 Å². The van der Waals surface area contributed by atoms with Crippen LogP contribution < -0.4 is 4.74 Å². The van der Waals surface area contributed by atoms with Gasteiger partial charge in [0.15, 0.2) is 0 Å². The molecule has 1 saturated heterocycles. The lowest BCUT2D eigenvalue weighted by Gasteiger charge is -2.42. The van der Waals surface area contributed by atoms with Gasteiger partial charge in [-0.1, -0.05) is 24.3 Å². The number of phenols is 1. The lowest BCUT2D eigenvalue weighted by atomic mass is 9.81. The van der Waals surface area contributed by atoms with Crippen LogP contribution in [0.4, 0.5) is 4.79 Å². The minimum atomic E-state index is -1.04. The zero-order chi connectivity index (χ0) is 25.7. The summed E-state index contributed by atoms with van der Waals surface area (Å²) in [5.41, 5.74) is 2.52. The van der Waals surface area contributed by atoms with Crippen molar-refractivity contribution in [1.29, 1.82) is 0 Å². The molecule has 0 spiro atoms. The number of rotatable bonds is 6. The Morgan fingerprint density at radius 3 is 2.76 bits per heavy atom. The molecule has 0 bridgehead atoms. The number of aromatic hydroxyl groups is 1. The van der Waals surface area contributed by atoms with Crippen molar-refractivity contribution in [2.75, 3.05) is 33.3 Å². The van der Waals surface area contributed by atoms with E-state index < -0.39 is 11.6 Å². The van der Waals surface area contributed by atoms with E-state index in [1.807, 2.05) is 31.2 Å². The summed E-state index contributed by atoms with van der Waals surface area (Å²) in [4.78, 5) is 36.9. The number of nitrogens with zero attached hydrogens (tertiary/aromatic N) is 3. The second-order valence-electron chi connectivity index (χ2n) is 10.4. The number of imide groups is 1. The average Bonchev–Trinajstić information content (AvgIpc) is 3.35. The van der Waals surface area contributed by atoms with Crippen LogP contribution in [0, 0.1) is 0 Å². The Kier molecular flexibility index (Phi) is 5.71. The molecular weight excluding hydrogens is 468 g/mol. The van der Waals surface area contributed by atoms with E-state index in [1.165, 1.54) is 4.90 Å². The molecule has 37 heavy (non-hydrogen) atoms. The number of urea groups is 1. The summed E-state index contributed by atoms with van der Waals surface area (Å²) < 4.78 is 5.48. The third-order valence-corrected chi connectivity index (χ3v) is 8.06. The van der Waals surface area contributed by atoms with Gasteiger partial charge >= 0.3 is 6.03 Å². The first-order chi connectivity index (χ1) is 17.9. The van der Waals surface area contributed by atoms with Gasteiger partial charge in [0.25, 0.3) is 5.91 Å².